The molecule has 0 radical (unpaired) electrons. The summed E-state index contributed by atoms with van der Waals surface area (Å²) in [5.74, 6) is -0.279. The van der Waals surface area contributed by atoms with Crippen molar-refractivity contribution < 1.29 is 22.7 Å². The van der Waals surface area contributed by atoms with E-state index in [0.29, 0.717) is 12.8 Å². The van der Waals surface area contributed by atoms with Crippen LogP contribution in [0.15, 0.2) is 0 Å². The van der Waals surface area contributed by atoms with Gasteiger partial charge in [-0.25, -0.2) is 0 Å². The van der Waals surface area contributed by atoms with Crippen molar-refractivity contribution >= 4 is 5.78 Å². The van der Waals surface area contributed by atoms with Crippen molar-refractivity contribution in [2.75, 3.05) is 6.61 Å². The van der Waals surface area contributed by atoms with Gasteiger partial charge in [0.1, 0.15) is 5.41 Å². The molecular weight excluding hydrogens is 235 g/mol. The Morgan fingerprint density at radius 3 is 2.35 bits per heavy atom. The molecule has 1 rings (SSSR count). The first-order chi connectivity index (χ1) is 7.63. The molecule has 17 heavy (non-hydrogen) atoms. The minimum atomic E-state index is -4.71. The molecule has 1 atom stereocenters. The van der Waals surface area contributed by atoms with Gasteiger partial charge >= 0.3 is 6.36 Å². The third-order valence-corrected chi connectivity index (χ3v) is 3.23. The zero-order chi connectivity index (χ0) is 13.3. The van der Waals surface area contributed by atoms with Crippen molar-refractivity contribution in [3.63, 3.8) is 0 Å². The fraction of sp³-hybridized carbons (Fsp3) is 0.818. The highest BCUT2D eigenvalue weighted by Gasteiger charge is 2.52. The first-order valence-electron chi connectivity index (χ1n) is 5.30. The van der Waals surface area contributed by atoms with E-state index in [1.165, 1.54) is 0 Å². The lowest BCUT2D eigenvalue weighted by molar-refractivity contribution is -0.325. The first kappa shape index (κ1) is 14.0. The van der Waals surface area contributed by atoms with Crippen molar-refractivity contribution in [2.24, 2.45) is 10.8 Å². The van der Waals surface area contributed by atoms with Crippen LogP contribution in [0.25, 0.3) is 0 Å². The van der Waals surface area contributed by atoms with Gasteiger partial charge in [-0.2, -0.15) is 5.26 Å². The average molecular weight is 249 g/mol. The molecular formula is C11H14F3NO2. The number of Topliss-reactive ketones (excluding diaryl/α,β-unsaturated/α-hetero) is 1. The van der Waals surface area contributed by atoms with Crippen LogP contribution < -0.4 is 0 Å². The summed E-state index contributed by atoms with van der Waals surface area (Å²) in [6, 6.07) is 1.87. The Labute approximate surface area is 97.5 Å². The SMILES string of the molecule is CC1(C)CCC(C#N)(CCOC(F)(F)F)C1=O. The molecule has 0 saturated heterocycles. The van der Waals surface area contributed by atoms with Crippen LogP contribution >= 0.6 is 0 Å². The van der Waals surface area contributed by atoms with Crippen molar-refractivity contribution in [1.29, 1.82) is 5.26 Å². The van der Waals surface area contributed by atoms with Crippen LogP contribution in [0, 0.1) is 22.2 Å². The highest BCUT2D eigenvalue weighted by Crippen LogP contribution is 2.47. The van der Waals surface area contributed by atoms with E-state index in [4.69, 9.17) is 5.26 Å². The predicted octanol–water partition coefficient (Wildman–Crippen LogP) is 2.81. The number of hydrogen-bond donors (Lipinski definition) is 0. The van der Waals surface area contributed by atoms with Gasteiger partial charge in [0.25, 0.3) is 0 Å². The Balaban J connectivity index is 2.68. The monoisotopic (exact) mass is 249 g/mol. The number of carbonyl (C=O) groups excluding carboxylic acids is 1. The molecule has 0 aliphatic heterocycles. The Kier molecular flexibility index (Phi) is 3.53. The van der Waals surface area contributed by atoms with Gasteiger partial charge in [0.15, 0.2) is 5.78 Å². The number of hydrogen-bond acceptors (Lipinski definition) is 3. The maximum atomic E-state index is 12.0. The van der Waals surface area contributed by atoms with Crippen LogP contribution in [-0.4, -0.2) is 18.8 Å². The molecule has 1 fully saturated rings. The minimum Gasteiger partial charge on any atom is -0.297 e. The number of ketones is 1. The van der Waals surface area contributed by atoms with Gasteiger partial charge in [-0.3, -0.25) is 9.53 Å². The lowest BCUT2D eigenvalue weighted by Gasteiger charge is -2.22. The summed E-state index contributed by atoms with van der Waals surface area (Å²) in [4.78, 5) is 12.0. The fourth-order valence-corrected chi connectivity index (χ4v) is 2.14. The Morgan fingerprint density at radius 2 is 2.00 bits per heavy atom. The second kappa shape index (κ2) is 4.30. The number of alkyl halides is 3. The first-order valence-corrected chi connectivity index (χ1v) is 5.30. The number of carbonyl (C=O) groups is 1. The largest absolute Gasteiger partial charge is 0.522 e. The minimum absolute atomic E-state index is 0.203. The maximum absolute atomic E-state index is 12.0. The third kappa shape index (κ3) is 2.97. The van der Waals surface area contributed by atoms with Crippen LogP contribution in [-0.2, 0) is 9.53 Å². The van der Waals surface area contributed by atoms with E-state index >= 15 is 0 Å². The Morgan fingerprint density at radius 1 is 1.41 bits per heavy atom. The van der Waals surface area contributed by atoms with E-state index in [9.17, 15) is 18.0 Å². The topological polar surface area (TPSA) is 50.1 Å². The molecule has 1 unspecified atom stereocenters. The predicted molar refractivity (Wildman–Crippen MR) is 52.7 cm³/mol. The van der Waals surface area contributed by atoms with E-state index in [1.54, 1.807) is 13.8 Å². The quantitative estimate of drug-likeness (QED) is 0.772. The summed E-state index contributed by atoms with van der Waals surface area (Å²) in [6.07, 6.45) is -4.10. The normalized spacial score (nSPS) is 28.1. The number of nitrogens with zero attached hydrogens (tertiary/aromatic N) is 1. The second-order valence-corrected chi connectivity index (χ2v) is 4.95. The van der Waals surface area contributed by atoms with Gasteiger partial charge in [0, 0.05) is 5.41 Å². The van der Waals surface area contributed by atoms with Crippen molar-refractivity contribution in [1.82, 2.24) is 0 Å². The summed E-state index contributed by atoms with van der Waals surface area (Å²) >= 11 is 0. The van der Waals surface area contributed by atoms with Gasteiger partial charge in [-0.1, -0.05) is 13.8 Å². The number of rotatable bonds is 3. The van der Waals surface area contributed by atoms with Gasteiger partial charge in [0.2, 0.25) is 0 Å². The van der Waals surface area contributed by atoms with Crippen molar-refractivity contribution in [3.8, 4) is 6.07 Å². The maximum Gasteiger partial charge on any atom is 0.522 e. The molecule has 0 bridgehead atoms. The van der Waals surface area contributed by atoms with Gasteiger partial charge in [0.05, 0.1) is 12.7 Å². The van der Waals surface area contributed by atoms with Crippen LogP contribution in [0.3, 0.4) is 0 Å². The van der Waals surface area contributed by atoms with E-state index in [1.807, 2.05) is 6.07 Å². The molecule has 0 aromatic heterocycles. The summed E-state index contributed by atoms with van der Waals surface area (Å²) in [5, 5.41) is 9.04. The fourth-order valence-electron chi connectivity index (χ4n) is 2.14. The molecule has 0 N–H and O–H groups in total. The zero-order valence-electron chi connectivity index (χ0n) is 9.73. The zero-order valence-corrected chi connectivity index (χ0v) is 9.73. The van der Waals surface area contributed by atoms with Gasteiger partial charge < -0.3 is 0 Å². The second-order valence-electron chi connectivity index (χ2n) is 4.95. The van der Waals surface area contributed by atoms with E-state index in [-0.39, 0.29) is 12.2 Å². The number of ether oxygens (including phenoxy) is 1. The Hall–Kier alpha value is -1.09. The van der Waals surface area contributed by atoms with Crippen LogP contribution in [0.4, 0.5) is 13.2 Å². The molecule has 96 valence electrons. The third-order valence-electron chi connectivity index (χ3n) is 3.23. The summed E-state index contributed by atoms with van der Waals surface area (Å²) < 4.78 is 39.1. The molecule has 0 aromatic carbocycles. The number of nitriles is 1. The highest BCUT2D eigenvalue weighted by molar-refractivity contribution is 5.94. The molecule has 0 spiro atoms. The highest BCUT2D eigenvalue weighted by atomic mass is 19.4. The number of halogens is 3. The summed E-state index contributed by atoms with van der Waals surface area (Å²) in [6.45, 7) is 2.76. The molecule has 0 heterocycles. The van der Waals surface area contributed by atoms with Crippen LogP contribution in [0.2, 0.25) is 0 Å². The van der Waals surface area contributed by atoms with Crippen molar-refractivity contribution in [2.45, 2.75) is 39.5 Å². The molecule has 6 heteroatoms. The van der Waals surface area contributed by atoms with E-state index in [2.05, 4.69) is 4.74 Å². The van der Waals surface area contributed by atoms with Crippen LogP contribution in [0.1, 0.15) is 33.1 Å². The van der Waals surface area contributed by atoms with E-state index in [0.717, 1.165) is 0 Å². The lowest BCUT2D eigenvalue weighted by Crippen LogP contribution is -2.33. The molecule has 1 saturated carbocycles. The standard InChI is InChI=1S/C11H14F3NO2/c1-9(2)3-4-10(7-15,8(9)16)5-6-17-11(12,13)14/h3-6H2,1-2H3. The smallest absolute Gasteiger partial charge is 0.297 e. The van der Waals surface area contributed by atoms with Gasteiger partial charge in [-0.15, -0.1) is 13.2 Å². The van der Waals surface area contributed by atoms with Crippen molar-refractivity contribution in [3.05, 3.63) is 0 Å². The summed E-state index contributed by atoms with van der Waals surface area (Å²) in [5.41, 5.74) is -1.94. The average Bonchev–Trinajstić information content (AvgIpc) is 2.41. The van der Waals surface area contributed by atoms with Gasteiger partial charge in [-0.05, 0) is 19.3 Å². The van der Waals surface area contributed by atoms with Crippen LogP contribution in [0.5, 0.6) is 0 Å². The molecule has 0 amide bonds. The lowest BCUT2D eigenvalue weighted by atomic mass is 9.79. The molecule has 3 nitrogen and oxygen atoms in total. The molecule has 1 aliphatic rings. The Bertz CT molecular complexity index is 357. The molecule has 0 aromatic rings. The molecule has 1 aliphatic carbocycles. The summed E-state index contributed by atoms with van der Waals surface area (Å²) in [7, 11) is 0. The van der Waals surface area contributed by atoms with E-state index < -0.39 is 23.8 Å².